The summed E-state index contributed by atoms with van der Waals surface area (Å²) < 4.78 is 0. The van der Waals surface area contributed by atoms with Crippen molar-refractivity contribution in [3.63, 3.8) is 0 Å². The first-order valence-electron chi connectivity index (χ1n) is 13.1. The van der Waals surface area contributed by atoms with E-state index in [9.17, 15) is 0 Å². The maximum Gasteiger partial charge on any atom is -0.0103 e. The molecule has 0 aromatic heterocycles. The predicted octanol–water partition coefficient (Wildman–Crippen LogP) is 10.2. The fourth-order valence-electron chi connectivity index (χ4n) is 4.53. The minimum absolute atomic E-state index is 0.457. The van der Waals surface area contributed by atoms with Gasteiger partial charge >= 0.3 is 0 Å². The number of benzene rings is 2. The molecule has 0 aliphatic heterocycles. The van der Waals surface area contributed by atoms with E-state index in [1.54, 1.807) is 0 Å². The smallest absolute Gasteiger partial charge is 0.0103 e. The molecule has 0 spiro atoms. The summed E-state index contributed by atoms with van der Waals surface area (Å²) in [5.41, 5.74) is 11.4. The van der Waals surface area contributed by atoms with Crippen molar-refractivity contribution in [3.8, 4) is 0 Å². The van der Waals surface area contributed by atoms with Crippen LogP contribution in [0, 0.1) is 5.92 Å². The van der Waals surface area contributed by atoms with Crippen molar-refractivity contribution in [1.82, 2.24) is 0 Å². The van der Waals surface area contributed by atoms with Gasteiger partial charge in [0.15, 0.2) is 0 Å². The summed E-state index contributed by atoms with van der Waals surface area (Å²) in [5.74, 6) is 0.457. The molecule has 184 valence electrons. The van der Waals surface area contributed by atoms with Crippen molar-refractivity contribution in [2.45, 2.75) is 27.7 Å². The lowest BCUT2D eigenvalue weighted by molar-refractivity contribution is 0.791. The first-order valence-corrected chi connectivity index (χ1v) is 13.1. The summed E-state index contributed by atoms with van der Waals surface area (Å²) in [6.45, 7) is 8.99. The number of hydrogen-bond donors (Lipinski definition) is 0. The maximum absolute atomic E-state index is 2.38. The van der Waals surface area contributed by atoms with Gasteiger partial charge in [0.1, 0.15) is 0 Å². The van der Waals surface area contributed by atoms with Gasteiger partial charge in [0.05, 0.1) is 0 Å². The second-order valence-corrected chi connectivity index (χ2v) is 9.73. The van der Waals surface area contributed by atoms with Gasteiger partial charge in [-0.3, -0.25) is 0 Å². The van der Waals surface area contributed by atoms with Crippen LogP contribution in [0.2, 0.25) is 0 Å². The molecule has 0 N–H and O–H groups in total. The van der Waals surface area contributed by atoms with Crippen molar-refractivity contribution < 1.29 is 0 Å². The normalized spacial score (nSPS) is 16.6. The third kappa shape index (κ3) is 6.96. The molecule has 2 aliphatic carbocycles. The molecule has 0 radical (unpaired) electrons. The average Bonchev–Trinajstić information content (AvgIpc) is 3.16. The number of fused-ring (bicyclic) bond motifs is 1. The minimum Gasteiger partial charge on any atom is -0.0622 e. The van der Waals surface area contributed by atoms with Gasteiger partial charge in [-0.15, -0.1) is 0 Å². The van der Waals surface area contributed by atoms with E-state index in [2.05, 4.69) is 155 Å². The summed E-state index contributed by atoms with van der Waals surface area (Å²) in [7, 11) is 0. The Morgan fingerprint density at radius 2 is 1.08 bits per heavy atom. The molecule has 0 fully saturated rings. The van der Waals surface area contributed by atoms with Gasteiger partial charge in [0, 0.05) is 0 Å². The maximum atomic E-state index is 2.38. The van der Waals surface area contributed by atoms with Gasteiger partial charge < -0.3 is 0 Å². The Hall–Kier alpha value is -4.16. The fourth-order valence-corrected chi connectivity index (χ4v) is 4.53. The highest BCUT2D eigenvalue weighted by Crippen LogP contribution is 2.38. The van der Waals surface area contributed by atoms with Crippen LogP contribution in [-0.4, -0.2) is 0 Å². The zero-order chi connectivity index (χ0) is 26.0. The van der Waals surface area contributed by atoms with Crippen molar-refractivity contribution >= 4 is 12.2 Å². The zero-order valence-electron chi connectivity index (χ0n) is 22.4. The molecule has 0 heterocycles. The molecule has 0 saturated heterocycles. The molecular weight excluding hydrogens is 444 g/mol. The van der Waals surface area contributed by atoms with Crippen molar-refractivity contribution in [2.75, 3.05) is 0 Å². The van der Waals surface area contributed by atoms with Crippen LogP contribution >= 0.6 is 0 Å². The second kappa shape index (κ2) is 12.7. The van der Waals surface area contributed by atoms with Crippen LogP contribution in [0.25, 0.3) is 12.2 Å². The molecule has 2 aliphatic rings. The first kappa shape index (κ1) is 25.9. The third-order valence-corrected chi connectivity index (χ3v) is 6.68. The van der Waals surface area contributed by atoms with E-state index in [0.29, 0.717) is 5.92 Å². The molecule has 0 atom stereocenters. The molecule has 0 saturated carbocycles. The van der Waals surface area contributed by atoms with E-state index in [0.717, 1.165) is 0 Å². The Balaban J connectivity index is 1.70. The van der Waals surface area contributed by atoms with Gasteiger partial charge in [-0.25, -0.2) is 0 Å². The average molecular weight is 481 g/mol. The Morgan fingerprint density at radius 3 is 1.65 bits per heavy atom. The zero-order valence-corrected chi connectivity index (χ0v) is 22.4. The Labute approximate surface area is 223 Å². The lowest BCUT2D eigenvalue weighted by atomic mass is 9.87. The van der Waals surface area contributed by atoms with E-state index in [-0.39, 0.29) is 0 Å². The van der Waals surface area contributed by atoms with Gasteiger partial charge in [-0.1, -0.05) is 153 Å². The SMILES string of the molecule is CC1=CC=C(C(C)C)C=C2C(/C=C/C=Cc3ccccc3)=CC=C(/C=C/C=Cc3ccccc3)C(C)=C12. The highest BCUT2D eigenvalue weighted by molar-refractivity contribution is 5.70. The lowest BCUT2D eigenvalue weighted by Gasteiger charge is -2.17. The lowest BCUT2D eigenvalue weighted by Crippen LogP contribution is -1.99. The molecule has 2 aromatic carbocycles. The monoisotopic (exact) mass is 480 g/mol. The summed E-state index contributed by atoms with van der Waals surface area (Å²) in [6, 6.07) is 20.8. The third-order valence-electron chi connectivity index (χ3n) is 6.68. The standard InChI is InChI=1S/C37H36/c1-28(2)35-24-23-29(3)37-30(4)33(21-13-11-19-31-15-7-5-8-16-31)25-26-34(36(37)27-35)22-14-12-20-32-17-9-6-10-18-32/h5-28H,1-4H3/b19-11?,20-12?,21-13+,22-14+. The summed E-state index contributed by atoms with van der Waals surface area (Å²) in [6.07, 6.45) is 28.7. The van der Waals surface area contributed by atoms with E-state index in [1.165, 1.54) is 50.1 Å². The van der Waals surface area contributed by atoms with Gasteiger partial charge in [-0.2, -0.15) is 0 Å². The molecule has 4 rings (SSSR count). The molecule has 0 nitrogen and oxygen atoms in total. The minimum atomic E-state index is 0.457. The van der Waals surface area contributed by atoms with Gasteiger partial charge in [-0.05, 0) is 69.9 Å². The van der Waals surface area contributed by atoms with E-state index in [1.807, 2.05) is 12.1 Å². The van der Waals surface area contributed by atoms with Gasteiger partial charge in [0.2, 0.25) is 0 Å². The predicted molar refractivity (Wildman–Crippen MR) is 163 cm³/mol. The highest BCUT2D eigenvalue weighted by atomic mass is 14.2. The summed E-state index contributed by atoms with van der Waals surface area (Å²) in [4.78, 5) is 0. The van der Waals surface area contributed by atoms with Crippen molar-refractivity contribution in [1.29, 1.82) is 0 Å². The van der Waals surface area contributed by atoms with E-state index < -0.39 is 0 Å². The Bertz CT molecular complexity index is 1400. The van der Waals surface area contributed by atoms with Crippen LogP contribution in [-0.2, 0) is 0 Å². The summed E-state index contributed by atoms with van der Waals surface area (Å²) >= 11 is 0. The molecule has 2 aromatic rings. The van der Waals surface area contributed by atoms with Crippen molar-refractivity contribution in [2.24, 2.45) is 5.92 Å². The van der Waals surface area contributed by atoms with E-state index in [4.69, 9.17) is 0 Å². The van der Waals surface area contributed by atoms with Gasteiger partial charge in [0.25, 0.3) is 0 Å². The highest BCUT2D eigenvalue weighted by Gasteiger charge is 2.20. The second-order valence-electron chi connectivity index (χ2n) is 9.73. The Kier molecular flexibility index (Phi) is 8.89. The van der Waals surface area contributed by atoms with Crippen LogP contribution in [0.4, 0.5) is 0 Å². The van der Waals surface area contributed by atoms with Crippen LogP contribution < -0.4 is 0 Å². The number of allylic oxidation sites excluding steroid dienone is 18. The van der Waals surface area contributed by atoms with Crippen molar-refractivity contribution in [3.05, 3.63) is 178 Å². The summed E-state index contributed by atoms with van der Waals surface area (Å²) in [5, 5.41) is 0. The largest absolute Gasteiger partial charge is 0.0622 e. The number of hydrogen-bond acceptors (Lipinski definition) is 0. The van der Waals surface area contributed by atoms with Crippen LogP contribution in [0.1, 0.15) is 38.8 Å². The molecule has 0 unspecified atom stereocenters. The first-order chi connectivity index (χ1) is 18.0. The number of rotatable bonds is 7. The molecular formula is C37H36. The fraction of sp³-hybridized carbons (Fsp3) is 0.135. The topological polar surface area (TPSA) is 0 Å². The molecule has 37 heavy (non-hydrogen) atoms. The van der Waals surface area contributed by atoms with Crippen LogP contribution in [0.5, 0.6) is 0 Å². The molecule has 0 heteroatoms. The molecule has 0 bridgehead atoms. The Morgan fingerprint density at radius 1 is 0.568 bits per heavy atom. The van der Waals surface area contributed by atoms with Crippen LogP contribution in [0.3, 0.4) is 0 Å². The van der Waals surface area contributed by atoms with Crippen LogP contribution in [0.15, 0.2) is 167 Å². The quantitative estimate of drug-likeness (QED) is 0.346. The molecule has 0 amide bonds. The van der Waals surface area contributed by atoms with E-state index >= 15 is 0 Å².